The molecule has 7 heteroatoms. The predicted octanol–water partition coefficient (Wildman–Crippen LogP) is 3.00. The van der Waals surface area contributed by atoms with E-state index < -0.39 is 11.9 Å². The summed E-state index contributed by atoms with van der Waals surface area (Å²) in [5, 5.41) is 11.5. The van der Waals surface area contributed by atoms with Gasteiger partial charge in [0.25, 0.3) is 5.91 Å². The van der Waals surface area contributed by atoms with Crippen LogP contribution in [0, 0.1) is 13.8 Å². The smallest absolute Gasteiger partial charge is 0.335 e. The number of halogens is 1. The lowest BCUT2D eigenvalue weighted by Gasteiger charge is -2.07. The standard InChI is InChI=1S/C13H11BrN2O4/c1-6-11(20-7(2)15-6)12(17)16-10-5-8(13(18)19)3-4-9(10)14/h3-5H,1-2H3,(H,16,17)(H,18,19). The van der Waals surface area contributed by atoms with Crippen LogP contribution in [0.2, 0.25) is 0 Å². The van der Waals surface area contributed by atoms with Crippen LogP contribution in [0.1, 0.15) is 32.5 Å². The van der Waals surface area contributed by atoms with Crippen molar-refractivity contribution in [3.05, 3.63) is 45.6 Å². The van der Waals surface area contributed by atoms with Crippen LogP contribution in [0.4, 0.5) is 5.69 Å². The van der Waals surface area contributed by atoms with Crippen molar-refractivity contribution < 1.29 is 19.1 Å². The van der Waals surface area contributed by atoms with Crippen molar-refractivity contribution in [1.29, 1.82) is 0 Å². The summed E-state index contributed by atoms with van der Waals surface area (Å²) >= 11 is 3.25. The fourth-order valence-corrected chi connectivity index (χ4v) is 2.02. The first-order valence-electron chi connectivity index (χ1n) is 5.66. The third kappa shape index (κ3) is 2.88. The second-order valence-corrected chi connectivity index (χ2v) is 4.96. The highest BCUT2D eigenvalue weighted by molar-refractivity contribution is 9.10. The second-order valence-electron chi connectivity index (χ2n) is 4.10. The van der Waals surface area contributed by atoms with E-state index >= 15 is 0 Å². The van der Waals surface area contributed by atoms with Gasteiger partial charge >= 0.3 is 5.97 Å². The lowest BCUT2D eigenvalue weighted by atomic mass is 10.2. The fourth-order valence-electron chi connectivity index (χ4n) is 1.68. The van der Waals surface area contributed by atoms with Crippen molar-refractivity contribution >= 4 is 33.5 Å². The van der Waals surface area contributed by atoms with E-state index in [9.17, 15) is 9.59 Å². The van der Waals surface area contributed by atoms with E-state index in [1.165, 1.54) is 12.1 Å². The van der Waals surface area contributed by atoms with Crippen molar-refractivity contribution in [1.82, 2.24) is 4.98 Å². The highest BCUT2D eigenvalue weighted by Gasteiger charge is 2.17. The van der Waals surface area contributed by atoms with Crippen molar-refractivity contribution in [2.24, 2.45) is 0 Å². The zero-order chi connectivity index (χ0) is 14.9. The van der Waals surface area contributed by atoms with Gasteiger partial charge in [-0.25, -0.2) is 9.78 Å². The molecule has 104 valence electrons. The number of oxazole rings is 1. The van der Waals surface area contributed by atoms with E-state index in [0.717, 1.165) is 0 Å². The minimum atomic E-state index is -1.07. The number of aryl methyl sites for hydroxylation is 2. The highest BCUT2D eigenvalue weighted by atomic mass is 79.9. The fraction of sp³-hybridized carbons (Fsp3) is 0.154. The van der Waals surface area contributed by atoms with Gasteiger partial charge in [-0.1, -0.05) is 0 Å². The molecule has 0 bridgehead atoms. The van der Waals surface area contributed by atoms with Crippen LogP contribution in [0.25, 0.3) is 0 Å². The first kappa shape index (κ1) is 14.3. The van der Waals surface area contributed by atoms with Gasteiger partial charge in [0.2, 0.25) is 5.76 Å². The van der Waals surface area contributed by atoms with Crippen LogP contribution in [0.5, 0.6) is 0 Å². The number of carboxylic acid groups (broad SMARTS) is 1. The molecule has 2 aromatic rings. The van der Waals surface area contributed by atoms with Gasteiger partial charge in [-0.15, -0.1) is 0 Å². The van der Waals surface area contributed by atoms with Crippen LogP contribution in [-0.2, 0) is 0 Å². The number of carbonyl (C=O) groups is 2. The molecule has 0 spiro atoms. The van der Waals surface area contributed by atoms with Gasteiger partial charge in [0, 0.05) is 11.4 Å². The Balaban J connectivity index is 2.30. The minimum Gasteiger partial charge on any atom is -0.478 e. The van der Waals surface area contributed by atoms with Gasteiger partial charge in [-0.05, 0) is 41.1 Å². The van der Waals surface area contributed by atoms with Crippen LogP contribution in [0.3, 0.4) is 0 Å². The summed E-state index contributed by atoms with van der Waals surface area (Å²) in [6.45, 7) is 3.30. The number of hydrogen-bond donors (Lipinski definition) is 2. The van der Waals surface area contributed by atoms with Crippen LogP contribution in [0.15, 0.2) is 27.1 Å². The van der Waals surface area contributed by atoms with Gasteiger partial charge in [0.05, 0.1) is 16.9 Å². The lowest BCUT2D eigenvalue weighted by molar-refractivity contribution is 0.0696. The van der Waals surface area contributed by atoms with E-state index in [-0.39, 0.29) is 11.3 Å². The van der Waals surface area contributed by atoms with E-state index in [0.29, 0.717) is 21.7 Å². The highest BCUT2D eigenvalue weighted by Crippen LogP contribution is 2.24. The summed E-state index contributed by atoms with van der Waals surface area (Å²) in [4.78, 5) is 27.0. The molecule has 2 N–H and O–H groups in total. The quantitative estimate of drug-likeness (QED) is 0.897. The van der Waals surface area contributed by atoms with Gasteiger partial charge in [-0.2, -0.15) is 0 Å². The molecule has 0 atom stereocenters. The van der Waals surface area contributed by atoms with Crippen LogP contribution >= 0.6 is 15.9 Å². The number of hydrogen-bond acceptors (Lipinski definition) is 4. The van der Waals surface area contributed by atoms with E-state index in [1.54, 1.807) is 19.9 Å². The van der Waals surface area contributed by atoms with Crippen molar-refractivity contribution in [3.8, 4) is 0 Å². The van der Waals surface area contributed by atoms with Crippen molar-refractivity contribution in [2.45, 2.75) is 13.8 Å². The Bertz CT molecular complexity index is 694. The van der Waals surface area contributed by atoms with Gasteiger partial charge < -0.3 is 14.8 Å². The average molecular weight is 339 g/mol. The summed E-state index contributed by atoms with van der Waals surface area (Å²) < 4.78 is 5.78. The maximum Gasteiger partial charge on any atom is 0.335 e. The van der Waals surface area contributed by atoms with Gasteiger partial charge in [0.1, 0.15) is 0 Å². The number of anilines is 1. The zero-order valence-electron chi connectivity index (χ0n) is 10.7. The number of nitrogens with zero attached hydrogens (tertiary/aromatic N) is 1. The Hall–Kier alpha value is -2.15. The summed E-state index contributed by atoms with van der Waals surface area (Å²) in [5.74, 6) is -1.05. The molecule has 0 aliphatic rings. The Labute approximate surface area is 122 Å². The lowest BCUT2D eigenvalue weighted by Crippen LogP contribution is -2.13. The molecular formula is C13H11BrN2O4. The second kappa shape index (κ2) is 5.46. The third-order valence-corrected chi connectivity index (χ3v) is 3.26. The molecule has 6 nitrogen and oxygen atoms in total. The Morgan fingerprint density at radius 1 is 1.35 bits per heavy atom. The monoisotopic (exact) mass is 338 g/mol. The molecule has 1 amide bonds. The number of benzene rings is 1. The van der Waals surface area contributed by atoms with E-state index in [2.05, 4.69) is 26.2 Å². The number of nitrogens with one attached hydrogen (secondary N) is 1. The van der Waals surface area contributed by atoms with Gasteiger partial charge in [0.15, 0.2) is 5.89 Å². The summed E-state index contributed by atoms with van der Waals surface area (Å²) in [5.41, 5.74) is 0.905. The van der Waals surface area contributed by atoms with E-state index in [4.69, 9.17) is 9.52 Å². The third-order valence-electron chi connectivity index (χ3n) is 2.57. The number of amides is 1. The SMILES string of the molecule is Cc1nc(C)c(C(=O)Nc2cc(C(=O)O)ccc2Br)o1. The predicted molar refractivity (Wildman–Crippen MR) is 75.0 cm³/mol. The Morgan fingerprint density at radius 2 is 2.05 bits per heavy atom. The number of aromatic carboxylic acids is 1. The molecule has 0 aliphatic heterocycles. The van der Waals surface area contributed by atoms with Crippen molar-refractivity contribution in [3.63, 3.8) is 0 Å². The largest absolute Gasteiger partial charge is 0.478 e. The summed E-state index contributed by atoms with van der Waals surface area (Å²) in [6, 6.07) is 4.35. The molecule has 1 aromatic carbocycles. The molecule has 2 rings (SSSR count). The number of rotatable bonds is 3. The Morgan fingerprint density at radius 3 is 2.60 bits per heavy atom. The first-order valence-corrected chi connectivity index (χ1v) is 6.46. The molecule has 0 unspecified atom stereocenters. The van der Waals surface area contributed by atoms with E-state index in [1.807, 2.05) is 0 Å². The maximum atomic E-state index is 12.1. The number of carbonyl (C=O) groups excluding carboxylic acids is 1. The van der Waals surface area contributed by atoms with Crippen LogP contribution < -0.4 is 5.32 Å². The molecule has 20 heavy (non-hydrogen) atoms. The average Bonchev–Trinajstić information content (AvgIpc) is 2.71. The first-order chi connectivity index (χ1) is 9.38. The van der Waals surface area contributed by atoms with Crippen LogP contribution in [-0.4, -0.2) is 22.0 Å². The summed E-state index contributed by atoms with van der Waals surface area (Å²) in [7, 11) is 0. The zero-order valence-corrected chi connectivity index (χ0v) is 12.3. The molecule has 0 aliphatic carbocycles. The minimum absolute atomic E-state index is 0.0778. The molecule has 0 fully saturated rings. The Kier molecular flexibility index (Phi) is 3.89. The van der Waals surface area contributed by atoms with Gasteiger partial charge in [-0.3, -0.25) is 4.79 Å². The number of carboxylic acids is 1. The molecule has 0 radical (unpaired) electrons. The molecule has 0 saturated carbocycles. The maximum absolute atomic E-state index is 12.1. The molecule has 0 saturated heterocycles. The number of aromatic nitrogens is 1. The molecule has 1 heterocycles. The molecule has 1 aromatic heterocycles. The molecular weight excluding hydrogens is 328 g/mol. The normalized spacial score (nSPS) is 10.3. The van der Waals surface area contributed by atoms with Crippen molar-refractivity contribution in [2.75, 3.05) is 5.32 Å². The summed E-state index contributed by atoms with van der Waals surface area (Å²) in [6.07, 6.45) is 0. The topological polar surface area (TPSA) is 92.4 Å².